The summed E-state index contributed by atoms with van der Waals surface area (Å²) in [6.07, 6.45) is 18.3. The Morgan fingerprint density at radius 2 is 0.929 bits per heavy atom. The Hall–Kier alpha value is -1.74. The first-order valence-corrected chi connectivity index (χ1v) is 16.3. The van der Waals surface area contributed by atoms with Crippen molar-refractivity contribution in [3.8, 4) is 5.75 Å². The van der Waals surface area contributed by atoms with Crippen LogP contribution in [0, 0.1) is 0 Å². The van der Waals surface area contributed by atoms with E-state index in [2.05, 4.69) is 13.2 Å². The van der Waals surface area contributed by atoms with Crippen LogP contribution in [0.2, 0.25) is 0 Å². The van der Waals surface area contributed by atoms with Crippen LogP contribution in [0.1, 0.15) is 77.0 Å². The topological polar surface area (TPSA) is 64.6 Å². The molecular formula is C35H60O7. The molecular weight excluding hydrogens is 532 g/mol. The second-order valence-corrected chi connectivity index (χ2v) is 10.3. The van der Waals surface area contributed by atoms with E-state index in [1.165, 1.54) is 51.4 Å². The fourth-order valence-electron chi connectivity index (χ4n) is 4.16. The average Bonchev–Trinajstić information content (AvgIpc) is 3.01. The molecule has 0 aliphatic heterocycles. The van der Waals surface area contributed by atoms with Crippen LogP contribution < -0.4 is 4.74 Å². The molecule has 0 N–H and O–H groups in total. The Morgan fingerprint density at radius 1 is 0.476 bits per heavy atom. The molecule has 0 saturated heterocycles. The summed E-state index contributed by atoms with van der Waals surface area (Å²) in [5.74, 6) is 0.854. The highest BCUT2D eigenvalue weighted by Gasteiger charge is 2.10. The van der Waals surface area contributed by atoms with Gasteiger partial charge in [0, 0.05) is 13.2 Å². The molecule has 0 aromatic heterocycles. The van der Waals surface area contributed by atoms with Gasteiger partial charge in [0.15, 0.2) is 0 Å². The van der Waals surface area contributed by atoms with E-state index in [-0.39, 0.29) is 6.10 Å². The molecule has 0 fully saturated rings. The summed E-state index contributed by atoms with van der Waals surface area (Å²) in [5.41, 5.74) is 0. The summed E-state index contributed by atoms with van der Waals surface area (Å²) in [5, 5.41) is 0. The Morgan fingerprint density at radius 3 is 1.50 bits per heavy atom. The van der Waals surface area contributed by atoms with Crippen LogP contribution in [0.4, 0.5) is 0 Å². The van der Waals surface area contributed by atoms with E-state index in [9.17, 15) is 0 Å². The highest BCUT2D eigenvalue weighted by atomic mass is 16.6. The van der Waals surface area contributed by atoms with Crippen molar-refractivity contribution < 1.29 is 33.2 Å². The number of hydrogen-bond donors (Lipinski definition) is 0. The summed E-state index contributed by atoms with van der Waals surface area (Å²) in [7, 11) is 0. The Labute approximate surface area is 256 Å². The molecule has 1 rings (SSSR count). The van der Waals surface area contributed by atoms with Crippen molar-refractivity contribution in [2.45, 2.75) is 83.2 Å². The summed E-state index contributed by atoms with van der Waals surface area (Å²) >= 11 is 0. The standard InChI is InChI=1S/C35H60O7/c1-3-5-7-9-11-13-18-22-39-32-35(41-23-19-14-12-10-8-6-4-2)33-40-29-28-37-25-24-36-26-27-38-30-31-42-34-20-16-15-17-21-34/h3-4,15-17,20-21,35H,1-2,5-14,18-19,22-33H2/t35-/m0/s1. The Kier molecular flexibility index (Phi) is 29.3. The van der Waals surface area contributed by atoms with Crippen molar-refractivity contribution in [1.82, 2.24) is 0 Å². The minimum absolute atomic E-state index is 0.0419. The van der Waals surface area contributed by atoms with Gasteiger partial charge >= 0.3 is 0 Å². The first-order valence-electron chi connectivity index (χ1n) is 16.3. The van der Waals surface area contributed by atoms with Crippen LogP contribution in [-0.2, 0) is 28.4 Å². The maximum Gasteiger partial charge on any atom is 0.119 e. The molecule has 0 aliphatic rings. The Balaban J connectivity index is 2.01. The molecule has 0 saturated carbocycles. The van der Waals surface area contributed by atoms with Crippen molar-refractivity contribution in [3.63, 3.8) is 0 Å². The largest absolute Gasteiger partial charge is 0.491 e. The third-order valence-corrected chi connectivity index (χ3v) is 6.57. The van der Waals surface area contributed by atoms with Gasteiger partial charge in [-0.3, -0.25) is 0 Å². The Bertz CT molecular complexity index is 685. The zero-order chi connectivity index (χ0) is 30.0. The van der Waals surface area contributed by atoms with Gasteiger partial charge in [-0.25, -0.2) is 0 Å². The monoisotopic (exact) mass is 592 g/mol. The summed E-state index contributed by atoms with van der Waals surface area (Å²) in [4.78, 5) is 0. The van der Waals surface area contributed by atoms with Gasteiger partial charge in [-0.15, -0.1) is 13.2 Å². The van der Waals surface area contributed by atoms with Crippen LogP contribution in [0.15, 0.2) is 55.6 Å². The zero-order valence-corrected chi connectivity index (χ0v) is 26.4. The molecule has 0 unspecified atom stereocenters. The molecule has 0 heterocycles. The average molecular weight is 593 g/mol. The van der Waals surface area contributed by atoms with Gasteiger partial charge in [0.1, 0.15) is 18.5 Å². The van der Waals surface area contributed by atoms with Crippen molar-refractivity contribution in [3.05, 3.63) is 55.6 Å². The number of ether oxygens (including phenoxy) is 7. The highest BCUT2D eigenvalue weighted by molar-refractivity contribution is 5.20. The first-order chi connectivity index (χ1) is 20.9. The normalized spacial score (nSPS) is 11.9. The fourth-order valence-corrected chi connectivity index (χ4v) is 4.16. The van der Waals surface area contributed by atoms with Crippen LogP contribution in [-0.4, -0.2) is 85.4 Å². The summed E-state index contributed by atoms with van der Waals surface area (Å²) < 4.78 is 40.2. The molecule has 0 amide bonds. The van der Waals surface area contributed by atoms with Crippen molar-refractivity contribution in [1.29, 1.82) is 0 Å². The molecule has 1 aromatic rings. The lowest BCUT2D eigenvalue weighted by Gasteiger charge is -2.18. The molecule has 7 nitrogen and oxygen atoms in total. The predicted octanol–water partition coefficient (Wildman–Crippen LogP) is 7.59. The first kappa shape index (κ1) is 38.3. The third kappa shape index (κ3) is 27.1. The maximum atomic E-state index is 6.12. The third-order valence-electron chi connectivity index (χ3n) is 6.57. The second kappa shape index (κ2) is 32.2. The van der Waals surface area contributed by atoms with E-state index in [1.807, 2.05) is 42.5 Å². The molecule has 0 aliphatic carbocycles. The smallest absolute Gasteiger partial charge is 0.119 e. The SMILES string of the molecule is C=CCCCCCCCOC[C@@H](COCCOCCOCCOCCOc1ccccc1)OCCCCCCCC=C. The maximum absolute atomic E-state index is 6.12. The van der Waals surface area contributed by atoms with Crippen molar-refractivity contribution in [2.75, 3.05) is 79.3 Å². The van der Waals surface area contributed by atoms with Gasteiger partial charge in [0.2, 0.25) is 0 Å². The molecule has 42 heavy (non-hydrogen) atoms. The summed E-state index contributed by atoms with van der Waals surface area (Å²) in [6.45, 7) is 14.4. The number of allylic oxidation sites excluding steroid dienone is 2. The fraction of sp³-hybridized carbons (Fsp3) is 0.714. The number of para-hydroxylation sites is 1. The lowest BCUT2D eigenvalue weighted by molar-refractivity contribution is -0.0701. The van der Waals surface area contributed by atoms with E-state index < -0.39 is 0 Å². The molecule has 0 radical (unpaired) electrons. The molecule has 1 aromatic carbocycles. The van der Waals surface area contributed by atoms with Gasteiger partial charge < -0.3 is 33.2 Å². The highest BCUT2D eigenvalue weighted by Crippen LogP contribution is 2.09. The van der Waals surface area contributed by atoms with Gasteiger partial charge in [0.25, 0.3) is 0 Å². The molecule has 1 atom stereocenters. The summed E-state index contributed by atoms with van der Waals surface area (Å²) in [6, 6.07) is 9.73. The molecule has 7 heteroatoms. The molecule has 0 spiro atoms. The molecule has 242 valence electrons. The van der Waals surface area contributed by atoms with Gasteiger partial charge in [0.05, 0.1) is 59.5 Å². The quantitative estimate of drug-likeness (QED) is 0.0604. The van der Waals surface area contributed by atoms with Crippen molar-refractivity contribution in [2.24, 2.45) is 0 Å². The van der Waals surface area contributed by atoms with Crippen LogP contribution in [0.5, 0.6) is 5.75 Å². The predicted molar refractivity (Wildman–Crippen MR) is 172 cm³/mol. The van der Waals surface area contributed by atoms with E-state index in [4.69, 9.17) is 33.2 Å². The number of rotatable bonds is 34. The van der Waals surface area contributed by atoms with E-state index in [0.717, 1.165) is 44.6 Å². The van der Waals surface area contributed by atoms with Crippen molar-refractivity contribution >= 4 is 0 Å². The number of unbranched alkanes of at least 4 members (excludes halogenated alkanes) is 10. The lowest BCUT2D eigenvalue weighted by atomic mass is 10.1. The van der Waals surface area contributed by atoms with Crippen LogP contribution >= 0.6 is 0 Å². The van der Waals surface area contributed by atoms with E-state index in [1.54, 1.807) is 0 Å². The number of hydrogen-bond acceptors (Lipinski definition) is 7. The van der Waals surface area contributed by atoms with E-state index >= 15 is 0 Å². The second-order valence-electron chi connectivity index (χ2n) is 10.3. The van der Waals surface area contributed by atoms with Gasteiger partial charge in [-0.05, 0) is 50.7 Å². The minimum atomic E-state index is -0.0419. The van der Waals surface area contributed by atoms with Crippen LogP contribution in [0.25, 0.3) is 0 Å². The van der Waals surface area contributed by atoms with Gasteiger partial charge in [-0.2, -0.15) is 0 Å². The number of benzene rings is 1. The molecule has 0 bridgehead atoms. The van der Waals surface area contributed by atoms with E-state index in [0.29, 0.717) is 66.1 Å². The van der Waals surface area contributed by atoms with Crippen LogP contribution in [0.3, 0.4) is 0 Å². The zero-order valence-electron chi connectivity index (χ0n) is 26.4. The van der Waals surface area contributed by atoms with Gasteiger partial charge in [-0.1, -0.05) is 68.9 Å². The lowest BCUT2D eigenvalue weighted by Crippen LogP contribution is -2.27. The minimum Gasteiger partial charge on any atom is -0.491 e.